The van der Waals surface area contributed by atoms with Crippen LogP contribution in [-0.2, 0) is 26.1 Å². The molecule has 144 valence electrons. The first-order chi connectivity index (χ1) is 12.7. The van der Waals surface area contributed by atoms with Crippen molar-refractivity contribution >= 4 is 33.6 Å². The van der Waals surface area contributed by atoms with Crippen molar-refractivity contribution in [2.75, 3.05) is 21.2 Å². The fourth-order valence-corrected chi connectivity index (χ4v) is 3.29. The molecular formula is C18H18ClNO6S. The van der Waals surface area contributed by atoms with Crippen molar-refractivity contribution in [3.05, 3.63) is 64.2 Å². The molecule has 0 N–H and O–H groups in total. The second kappa shape index (κ2) is 8.51. The normalized spacial score (nSPS) is 11.3. The van der Waals surface area contributed by atoms with Crippen molar-refractivity contribution < 1.29 is 27.5 Å². The van der Waals surface area contributed by atoms with Crippen LogP contribution in [0, 0.1) is 0 Å². The Balaban J connectivity index is 2.21. The predicted octanol–water partition coefficient (Wildman–Crippen LogP) is 2.73. The van der Waals surface area contributed by atoms with Crippen molar-refractivity contribution in [2.45, 2.75) is 11.5 Å². The average molecular weight is 412 g/mol. The molecule has 9 heteroatoms. The highest BCUT2D eigenvalue weighted by molar-refractivity contribution is 7.89. The minimum Gasteiger partial charge on any atom is -0.465 e. The van der Waals surface area contributed by atoms with E-state index in [1.54, 1.807) is 18.2 Å². The molecule has 0 bridgehead atoms. The fourth-order valence-electron chi connectivity index (χ4n) is 2.16. The maximum Gasteiger partial charge on any atom is 0.340 e. The third-order valence-corrected chi connectivity index (χ3v) is 5.79. The second-order valence-electron chi connectivity index (χ2n) is 5.70. The van der Waals surface area contributed by atoms with Gasteiger partial charge in [0.2, 0.25) is 10.0 Å². The standard InChI is InChI=1S/C18H18ClNO6S/c1-20(2)27(23,24)14-7-8-16(19)15(10-14)18(22)26-11-12-5-4-6-13(9-12)17(21)25-3/h4-10H,11H2,1-3H3. The minimum atomic E-state index is -3.72. The summed E-state index contributed by atoms with van der Waals surface area (Å²) in [5.41, 5.74) is 0.825. The number of halogens is 1. The molecule has 0 aromatic heterocycles. The number of nitrogens with zero attached hydrogens (tertiary/aromatic N) is 1. The Labute approximate surface area is 162 Å². The molecule has 27 heavy (non-hydrogen) atoms. The van der Waals surface area contributed by atoms with Crippen molar-refractivity contribution in [1.29, 1.82) is 0 Å². The van der Waals surface area contributed by atoms with Gasteiger partial charge in [0, 0.05) is 14.1 Å². The number of ether oxygens (including phenoxy) is 2. The maximum atomic E-state index is 12.4. The summed E-state index contributed by atoms with van der Waals surface area (Å²) in [6, 6.07) is 10.2. The third kappa shape index (κ3) is 4.85. The first kappa shape index (κ1) is 20.9. The van der Waals surface area contributed by atoms with Crippen LogP contribution in [0.3, 0.4) is 0 Å². The van der Waals surface area contributed by atoms with E-state index in [9.17, 15) is 18.0 Å². The van der Waals surface area contributed by atoms with Crippen molar-refractivity contribution in [3.63, 3.8) is 0 Å². The zero-order valence-corrected chi connectivity index (χ0v) is 16.5. The molecule has 0 aliphatic rings. The summed E-state index contributed by atoms with van der Waals surface area (Å²) in [7, 11) is 0.321. The number of hydrogen-bond donors (Lipinski definition) is 0. The van der Waals surface area contributed by atoms with Crippen LogP contribution in [0.25, 0.3) is 0 Å². The molecule has 2 aromatic carbocycles. The molecule has 0 aliphatic carbocycles. The number of carbonyl (C=O) groups excluding carboxylic acids is 2. The van der Waals surface area contributed by atoms with Crippen LogP contribution in [0.1, 0.15) is 26.3 Å². The van der Waals surface area contributed by atoms with Crippen LogP contribution >= 0.6 is 11.6 Å². The number of esters is 2. The van der Waals surface area contributed by atoms with Gasteiger partial charge >= 0.3 is 11.9 Å². The molecule has 0 atom stereocenters. The molecule has 7 nitrogen and oxygen atoms in total. The topological polar surface area (TPSA) is 90.0 Å². The number of carbonyl (C=O) groups is 2. The van der Waals surface area contributed by atoms with E-state index in [0.717, 1.165) is 4.31 Å². The van der Waals surface area contributed by atoms with Gasteiger partial charge in [-0.05, 0) is 35.9 Å². The molecule has 0 saturated carbocycles. The van der Waals surface area contributed by atoms with Gasteiger partial charge in [0.05, 0.1) is 28.2 Å². The number of benzene rings is 2. The van der Waals surface area contributed by atoms with E-state index in [1.807, 2.05) is 0 Å². The van der Waals surface area contributed by atoms with Gasteiger partial charge in [0.1, 0.15) is 6.61 Å². The van der Waals surface area contributed by atoms with Gasteiger partial charge < -0.3 is 9.47 Å². The van der Waals surface area contributed by atoms with Crippen LogP contribution in [-0.4, -0.2) is 45.9 Å². The van der Waals surface area contributed by atoms with E-state index < -0.39 is 22.0 Å². The van der Waals surface area contributed by atoms with Gasteiger partial charge in [0.15, 0.2) is 0 Å². The van der Waals surface area contributed by atoms with E-state index in [-0.39, 0.29) is 22.1 Å². The van der Waals surface area contributed by atoms with Crippen molar-refractivity contribution in [3.8, 4) is 0 Å². The van der Waals surface area contributed by atoms with Gasteiger partial charge in [-0.25, -0.2) is 22.3 Å². The first-order valence-corrected chi connectivity index (χ1v) is 9.55. The lowest BCUT2D eigenvalue weighted by molar-refractivity contribution is 0.0472. The Bertz CT molecular complexity index is 972. The van der Waals surface area contributed by atoms with Crippen LogP contribution in [0.5, 0.6) is 0 Å². The Morgan fingerprint density at radius 3 is 2.41 bits per heavy atom. The average Bonchev–Trinajstić information content (AvgIpc) is 2.65. The van der Waals surface area contributed by atoms with E-state index in [1.165, 1.54) is 45.5 Å². The second-order valence-corrected chi connectivity index (χ2v) is 8.26. The van der Waals surface area contributed by atoms with Gasteiger partial charge in [-0.2, -0.15) is 0 Å². The highest BCUT2D eigenvalue weighted by Crippen LogP contribution is 2.23. The maximum absolute atomic E-state index is 12.4. The van der Waals surface area contributed by atoms with Crippen LogP contribution in [0.4, 0.5) is 0 Å². The Morgan fingerprint density at radius 1 is 1.07 bits per heavy atom. The molecule has 0 spiro atoms. The molecule has 0 amide bonds. The van der Waals surface area contributed by atoms with Gasteiger partial charge in [-0.15, -0.1) is 0 Å². The molecule has 0 radical (unpaired) electrons. The van der Waals surface area contributed by atoms with Gasteiger partial charge in [-0.1, -0.05) is 23.7 Å². The lowest BCUT2D eigenvalue weighted by Gasteiger charge is -2.13. The molecular weight excluding hydrogens is 394 g/mol. The van der Waals surface area contributed by atoms with E-state index in [4.69, 9.17) is 16.3 Å². The zero-order valence-electron chi connectivity index (χ0n) is 14.9. The summed E-state index contributed by atoms with van der Waals surface area (Å²) in [5, 5.41) is 0.0704. The van der Waals surface area contributed by atoms with E-state index in [0.29, 0.717) is 11.1 Å². The molecule has 0 aliphatic heterocycles. The van der Waals surface area contributed by atoms with Crippen LogP contribution < -0.4 is 0 Å². The number of rotatable bonds is 6. The zero-order chi connectivity index (χ0) is 20.2. The van der Waals surface area contributed by atoms with Crippen LogP contribution in [0.15, 0.2) is 47.4 Å². The summed E-state index contributed by atoms with van der Waals surface area (Å²) < 4.78 is 35.3. The summed E-state index contributed by atoms with van der Waals surface area (Å²) in [6.45, 7) is -0.120. The molecule has 0 saturated heterocycles. The molecule has 0 heterocycles. The molecule has 0 unspecified atom stereocenters. The largest absolute Gasteiger partial charge is 0.465 e. The third-order valence-electron chi connectivity index (χ3n) is 3.65. The van der Waals surface area contributed by atoms with Crippen molar-refractivity contribution in [1.82, 2.24) is 4.31 Å². The summed E-state index contributed by atoms with van der Waals surface area (Å²) >= 11 is 6.02. The lowest BCUT2D eigenvalue weighted by Crippen LogP contribution is -2.22. The van der Waals surface area contributed by atoms with E-state index in [2.05, 4.69) is 4.74 Å². The Kier molecular flexibility index (Phi) is 6.59. The highest BCUT2D eigenvalue weighted by Gasteiger charge is 2.21. The Morgan fingerprint density at radius 2 is 1.78 bits per heavy atom. The Hall–Kier alpha value is -2.42. The fraction of sp³-hybridized carbons (Fsp3) is 0.222. The number of methoxy groups -OCH3 is 1. The summed E-state index contributed by atoms with van der Waals surface area (Å²) in [6.07, 6.45) is 0. The lowest BCUT2D eigenvalue weighted by atomic mass is 10.1. The number of hydrogen-bond acceptors (Lipinski definition) is 6. The van der Waals surface area contributed by atoms with Gasteiger partial charge in [0.25, 0.3) is 0 Å². The predicted molar refractivity (Wildman–Crippen MR) is 99.2 cm³/mol. The quantitative estimate of drug-likeness (QED) is 0.679. The molecule has 0 fully saturated rings. The van der Waals surface area contributed by atoms with Gasteiger partial charge in [-0.3, -0.25) is 0 Å². The van der Waals surface area contributed by atoms with E-state index >= 15 is 0 Å². The monoisotopic (exact) mass is 411 g/mol. The minimum absolute atomic E-state index is 0.0660. The SMILES string of the molecule is COC(=O)c1cccc(COC(=O)c2cc(S(=O)(=O)N(C)C)ccc2Cl)c1. The number of sulfonamides is 1. The highest BCUT2D eigenvalue weighted by atomic mass is 35.5. The smallest absolute Gasteiger partial charge is 0.340 e. The first-order valence-electron chi connectivity index (χ1n) is 7.73. The van der Waals surface area contributed by atoms with Crippen molar-refractivity contribution in [2.24, 2.45) is 0 Å². The summed E-state index contributed by atoms with van der Waals surface area (Å²) in [4.78, 5) is 23.8. The molecule has 2 rings (SSSR count). The van der Waals surface area contributed by atoms with Crippen LogP contribution in [0.2, 0.25) is 5.02 Å². The summed E-state index contributed by atoms with van der Waals surface area (Å²) in [5.74, 6) is -1.29. The molecule has 2 aromatic rings.